The fraction of sp³-hybridized carbons (Fsp3) is 0.556. The van der Waals surface area contributed by atoms with Gasteiger partial charge in [-0.15, -0.1) is 21.5 Å². The number of aryl methyl sites for hydroxylation is 1. The summed E-state index contributed by atoms with van der Waals surface area (Å²) in [5.41, 5.74) is 7.17. The Morgan fingerprint density at radius 3 is 2.93 bits per heavy atom. The summed E-state index contributed by atoms with van der Waals surface area (Å²) < 4.78 is 2.00. The number of hydrogen-bond donors (Lipinski definition) is 2. The van der Waals surface area contributed by atoms with Gasteiger partial charge >= 0.3 is 0 Å². The molecule has 0 spiro atoms. The number of nitrogens with zero attached hydrogens (tertiary/aromatic N) is 4. The van der Waals surface area contributed by atoms with Gasteiger partial charge in [-0.25, -0.2) is 4.98 Å². The van der Waals surface area contributed by atoms with Gasteiger partial charge in [0.2, 0.25) is 5.95 Å². The number of aromatic amines is 1. The molecule has 3 aromatic heterocycles. The first-order valence-corrected chi connectivity index (χ1v) is 11.1. The molecule has 3 N–H and O–H groups in total. The van der Waals surface area contributed by atoms with E-state index in [-0.39, 0.29) is 10.8 Å². The highest BCUT2D eigenvalue weighted by Crippen LogP contribution is 2.42. The molecule has 0 radical (unpaired) electrons. The van der Waals surface area contributed by atoms with Crippen molar-refractivity contribution < 1.29 is 0 Å². The lowest BCUT2D eigenvalue weighted by Crippen LogP contribution is -2.15. The predicted molar refractivity (Wildman–Crippen MR) is 108 cm³/mol. The van der Waals surface area contributed by atoms with Gasteiger partial charge in [0.25, 0.3) is 5.56 Å². The van der Waals surface area contributed by atoms with Crippen LogP contribution >= 0.6 is 23.1 Å². The van der Waals surface area contributed by atoms with Crippen LogP contribution in [0.3, 0.4) is 0 Å². The monoisotopic (exact) mass is 402 g/mol. The topological polar surface area (TPSA) is 102 Å². The smallest absolute Gasteiger partial charge is 0.259 e. The van der Waals surface area contributed by atoms with Gasteiger partial charge in [0, 0.05) is 10.9 Å². The van der Waals surface area contributed by atoms with E-state index < -0.39 is 0 Å². The second-order valence-electron chi connectivity index (χ2n) is 7.69. The van der Waals surface area contributed by atoms with Crippen LogP contribution in [0.1, 0.15) is 60.7 Å². The first-order chi connectivity index (χ1) is 13.0. The van der Waals surface area contributed by atoms with Gasteiger partial charge in [-0.2, -0.15) is 0 Å². The molecule has 7 nitrogen and oxygen atoms in total. The number of thiophene rings is 1. The molecule has 3 aromatic rings. The number of rotatable bonds is 4. The second-order valence-corrected chi connectivity index (χ2v) is 10.1. The molecule has 0 aliphatic heterocycles. The van der Waals surface area contributed by atoms with Crippen molar-refractivity contribution in [1.29, 1.82) is 0 Å². The summed E-state index contributed by atoms with van der Waals surface area (Å²) in [6.45, 7) is 4.31. The first-order valence-electron chi connectivity index (χ1n) is 9.42. The molecule has 0 amide bonds. The summed E-state index contributed by atoms with van der Waals surface area (Å²) in [6, 6.07) is 0.412. The minimum absolute atomic E-state index is 0.0160. The van der Waals surface area contributed by atoms with Crippen LogP contribution < -0.4 is 11.3 Å². The number of fused-ring (bicyclic) bond motifs is 3. The van der Waals surface area contributed by atoms with Crippen LogP contribution in [0, 0.1) is 5.92 Å². The Morgan fingerprint density at radius 1 is 1.33 bits per heavy atom. The number of nitrogens with two attached hydrogens (primary N) is 1. The zero-order chi connectivity index (χ0) is 18.7. The third-order valence-corrected chi connectivity index (χ3v) is 7.67. The number of nitrogen functional groups attached to an aromatic ring is 1. The lowest BCUT2D eigenvalue weighted by molar-refractivity contribution is 0.509. The largest absolute Gasteiger partial charge is 0.368 e. The van der Waals surface area contributed by atoms with E-state index in [4.69, 9.17) is 10.7 Å². The highest BCUT2D eigenvalue weighted by molar-refractivity contribution is 7.99. The summed E-state index contributed by atoms with van der Waals surface area (Å²) in [6.07, 6.45) is 5.41. The molecule has 1 saturated carbocycles. The van der Waals surface area contributed by atoms with E-state index in [1.807, 2.05) is 11.5 Å². The standard InChI is InChI=1S/C18H22N6OS2/c1-8-3-6-11-12(7-8)27-16-13(11)15(25)20-14(21-16)9(2)26-18-23-22-17(19)24(18)10-4-5-10/h8-10H,3-7H2,1-2H3,(H2,19,22)(H,20,21,25)/t8-,9+/m0/s1. The lowest BCUT2D eigenvalue weighted by Gasteiger charge is -2.17. The van der Waals surface area contributed by atoms with Crippen LogP contribution in [0.5, 0.6) is 0 Å². The molecule has 5 rings (SSSR count). The quantitative estimate of drug-likeness (QED) is 0.648. The molecule has 27 heavy (non-hydrogen) atoms. The summed E-state index contributed by atoms with van der Waals surface area (Å²) in [4.78, 5) is 22.8. The van der Waals surface area contributed by atoms with Gasteiger partial charge in [-0.1, -0.05) is 18.7 Å². The van der Waals surface area contributed by atoms with Crippen LogP contribution in [-0.2, 0) is 12.8 Å². The maximum atomic E-state index is 12.8. The normalized spacial score (nSPS) is 20.7. The molecule has 2 aliphatic carbocycles. The van der Waals surface area contributed by atoms with Gasteiger partial charge < -0.3 is 10.7 Å². The maximum Gasteiger partial charge on any atom is 0.259 e. The van der Waals surface area contributed by atoms with E-state index in [1.54, 1.807) is 23.1 Å². The minimum atomic E-state index is -0.0405. The number of aromatic nitrogens is 5. The highest BCUT2D eigenvalue weighted by Gasteiger charge is 2.30. The van der Waals surface area contributed by atoms with Gasteiger partial charge in [0.15, 0.2) is 5.16 Å². The zero-order valence-corrected chi connectivity index (χ0v) is 17.0. The highest BCUT2D eigenvalue weighted by atomic mass is 32.2. The molecular weight excluding hydrogens is 380 g/mol. The number of nitrogens with one attached hydrogen (secondary N) is 1. The molecule has 0 saturated heterocycles. The fourth-order valence-corrected chi connectivity index (χ4v) is 6.19. The molecule has 142 valence electrons. The number of H-pyrrole nitrogens is 1. The molecule has 2 aliphatic rings. The van der Waals surface area contributed by atoms with Crippen LogP contribution in [0.15, 0.2) is 9.95 Å². The van der Waals surface area contributed by atoms with Crippen LogP contribution in [0.25, 0.3) is 10.2 Å². The van der Waals surface area contributed by atoms with Gasteiger partial charge in [-0.05, 0) is 50.5 Å². The first kappa shape index (κ1) is 17.2. The Balaban J connectivity index is 1.49. The third kappa shape index (κ3) is 2.97. The predicted octanol–water partition coefficient (Wildman–Crippen LogP) is 3.47. The van der Waals surface area contributed by atoms with Crippen molar-refractivity contribution in [3.63, 3.8) is 0 Å². The molecule has 0 bridgehead atoms. The average molecular weight is 403 g/mol. The molecule has 1 fully saturated rings. The average Bonchev–Trinajstić information content (AvgIpc) is 3.29. The van der Waals surface area contributed by atoms with Crippen LogP contribution in [-0.4, -0.2) is 24.7 Å². The van der Waals surface area contributed by atoms with Crippen molar-refractivity contribution in [3.05, 3.63) is 26.6 Å². The Morgan fingerprint density at radius 2 is 2.15 bits per heavy atom. The second kappa shape index (κ2) is 6.34. The number of thioether (sulfide) groups is 1. The Bertz CT molecular complexity index is 1080. The van der Waals surface area contributed by atoms with Crippen molar-refractivity contribution in [1.82, 2.24) is 24.7 Å². The molecule has 2 atom stereocenters. The third-order valence-electron chi connectivity index (χ3n) is 5.45. The van der Waals surface area contributed by atoms with Crippen molar-refractivity contribution in [2.24, 2.45) is 5.92 Å². The molecule has 0 unspecified atom stereocenters. The van der Waals surface area contributed by atoms with Crippen molar-refractivity contribution in [2.75, 3.05) is 5.73 Å². The molecule has 3 heterocycles. The summed E-state index contributed by atoms with van der Waals surface area (Å²) in [7, 11) is 0. The van der Waals surface area contributed by atoms with E-state index >= 15 is 0 Å². The fourth-order valence-electron chi connectivity index (χ4n) is 3.82. The minimum Gasteiger partial charge on any atom is -0.368 e. The number of anilines is 1. The Kier molecular flexibility index (Phi) is 4.05. The van der Waals surface area contributed by atoms with Crippen LogP contribution in [0.4, 0.5) is 5.95 Å². The molecule has 0 aromatic carbocycles. The van der Waals surface area contributed by atoms with Gasteiger partial charge in [-0.3, -0.25) is 9.36 Å². The van der Waals surface area contributed by atoms with Crippen molar-refractivity contribution in [2.45, 2.75) is 62.4 Å². The van der Waals surface area contributed by atoms with E-state index in [9.17, 15) is 4.79 Å². The van der Waals surface area contributed by atoms with Crippen molar-refractivity contribution in [3.8, 4) is 0 Å². The van der Waals surface area contributed by atoms with E-state index in [2.05, 4.69) is 22.1 Å². The Hall–Kier alpha value is -1.87. The Labute approximate surface area is 164 Å². The summed E-state index contributed by atoms with van der Waals surface area (Å²) in [5, 5.41) is 9.80. The maximum absolute atomic E-state index is 12.8. The van der Waals surface area contributed by atoms with E-state index in [0.29, 0.717) is 23.7 Å². The molecule has 9 heteroatoms. The summed E-state index contributed by atoms with van der Waals surface area (Å²) >= 11 is 3.23. The van der Waals surface area contributed by atoms with Gasteiger partial charge in [0.05, 0.1) is 10.6 Å². The lowest BCUT2D eigenvalue weighted by atomic mass is 9.89. The van der Waals surface area contributed by atoms with Crippen molar-refractivity contribution >= 4 is 39.3 Å². The van der Waals surface area contributed by atoms with E-state index in [1.165, 1.54) is 10.4 Å². The van der Waals surface area contributed by atoms with Crippen LogP contribution in [0.2, 0.25) is 0 Å². The van der Waals surface area contributed by atoms with E-state index in [0.717, 1.165) is 47.5 Å². The number of hydrogen-bond acceptors (Lipinski definition) is 7. The zero-order valence-electron chi connectivity index (χ0n) is 15.4. The SMILES string of the molecule is C[C@H]1CCc2c(sc3nc([C@@H](C)Sc4nnc(N)n4C4CC4)[nH]c(=O)c23)C1. The molecular formula is C18H22N6OS2. The van der Waals surface area contributed by atoms with Gasteiger partial charge in [0.1, 0.15) is 10.7 Å². The summed E-state index contributed by atoms with van der Waals surface area (Å²) in [5.74, 6) is 1.83.